The SMILES string of the molecule is C=S.CCCC(c1nc2ccc(N3CCC(c4ccccc4)(N(CC)CC)CC3)cc2c(=O)n1CC)N1CC(C)NC(C)C1. The summed E-state index contributed by atoms with van der Waals surface area (Å²) in [5.41, 5.74) is 3.52. The standard InChI is InChI=1S/C35H52N6O.CH2S/c1-7-14-32(39-24-26(5)36-27(6)25-39)33-37-31-18-17-29(23-30(31)34(42)41(33)10-4)38-21-19-35(20-22-38,40(8-2)9-3)28-15-12-11-13-16-28;1-2/h11-13,15-18,23,26-27,32,36H,7-10,14,19-22,24-25H2,1-6H3;1H2. The summed E-state index contributed by atoms with van der Waals surface area (Å²) >= 11 is 3.83. The lowest BCUT2D eigenvalue weighted by molar-refractivity contribution is 0.0699. The average molecular weight is 619 g/mol. The third-order valence-electron chi connectivity index (χ3n) is 9.81. The molecule has 3 unspecified atom stereocenters. The highest BCUT2D eigenvalue weighted by Gasteiger charge is 2.40. The predicted octanol–water partition coefficient (Wildman–Crippen LogP) is 6.39. The Labute approximate surface area is 270 Å². The molecule has 1 N–H and O–H groups in total. The fraction of sp³-hybridized carbons (Fsp3) is 0.583. The van der Waals surface area contributed by atoms with Crippen LogP contribution in [-0.4, -0.2) is 76.6 Å². The van der Waals surface area contributed by atoms with Gasteiger partial charge in [-0.3, -0.25) is 19.2 Å². The Kier molecular flexibility index (Phi) is 12.1. The second-order valence-electron chi connectivity index (χ2n) is 12.5. The molecule has 0 radical (unpaired) electrons. The lowest BCUT2D eigenvalue weighted by Crippen LogP contribution is -2.55. The molecule has 2 aliphatic rings. The lowest BCUT2D eigenvalue weighted by atomic mass is 9.79. The number of hydrogen-bond acceptors (Lipinski definition) is 7. The van der Waals surface area contributed by atoms with Gasteiger partial charge < -0.3 is 10.2 Å². The minimum atomic E-state index is 0.0523. The van der Waals surface area contributed by atoms with Crippen LogP contribution in [0, 0.1) is 0 Å². The van der Waals surface area contributed by atoms with Crippen LogP contribution in [0.15, 0.2) is 53.3 Å². The van der Waals surface area contributed by atoms with Crippen molar-refractivity contribution in [1.82, 2.24) is 24.7 Å². The van der Waals surface area contributed by atoms with Gasteiger partial charge in [-0.15, -0.1) is 0 Å². The summed E-state index contributed by atoms with van der Waals surface area (Å²) in [7, 11) is 0. The Morgan fingerprint density at radius 1 is 1.00 bits per heavy atom. The predicted molar refractivity (Wildman–Crippen MR) is 190 cm³/mol. The molecule has 5 rings (SSSR count). The molecule has 240 valence electrons. The van der Waals surface area contributed by atoms with Gasteiger partial charge in [0.1, 0.15) is 5.82 Å². The zero-order valence-electron chi connectivity index (χ0n) is 27.9. The summed E-state index contributed by atoms with van der Waals surface area (Å²) in [6, 6.07) is 18.4. The number of nitrogens with zero attached hydrogens (tertiary/aromatic N) is 5. The third kappa shape index (κ3) is 6.94. The van der Waals surface area contributed by atoms with Gasteiger partial charge in [-0.1, -0.05) is 69.7 Å². The number of rotatable bonds is 10. The maximum absolute atomic E-state index is 14.1. The van der Waals surface area contributed by atoms with Crippen LogP contribution >= 0.6 is 12.2 Å². The summed E-state index contributed by atoms with van der Waals surface area (Å²) in [6.45, 7) is 19.9. The van der Waals surface area contributed by atoms with Crippen LogP contribution in [0.25, 0.3) is 10.9 Å². The molecule has 0 aliphatic carbocycles. The molecule has 2 aliphatic heterocycles. The second kappa shape index (κ2) is 15.6. The van der Waals surface area contributed by atoms with E-state index in [0.717, 1.165) is 87.4 Å². The molecular weight excluding hydrogens is 565 g/mol. The van der Waals surface area contributed by atoms with Gasteiger partial charge in [0.25, 0.3) is 5.56 Å². The molecule has 7 nitrogen and oxygen atoms in total. The van der Waals surface area contributed by atoms with Gasteiger partial charge >= 0.3 is 0 Å². The lowest BCUT2D eigenvalue weighted by Gasteiger charge is -2.49. The van der Waals surface area contributed by atoms with Crippen molar-refractivity contribution in [1.29, 1.82) is 0 Å². The molecule has 0 saturated carbocycles. The van der Waals surface area contributed by atoms with Gasteiger partial charge in [0.15, 0.2) is 0 Å². The van der Waals surface area contributed by atoms with E-state index in [2.05, 4.69) is 128 Å². The summed E-state index contributed by atoms with van der Waals surface area (Å²) in [6.07, 6.45) is 4.18. The quantitative estimate of drug-likeness (QED) is 0.264. The number of anilines is 1. The number of aromatic nitrogens is 2. The van der Waals surface area contributed by atoms with Crippen molar-refractivity contribution in [2.45, 2.75) is 97.4 Å². The zero-order valence-corrected chi connectivity index (χ0v) is 28.7. The molecule has 8 heteroatoms. The molecule has 0 spiro atoms. The third-order valence-corrected chi connectivity index (χ3v) is 9.81. The molecule has 0 amide bonds. The highest BCUT2D eigenvalue weighted by molar-refractivity contribution is 7.77. The largest absolute Gasteiger partial charge is 0.371 e. The van der Waals surface area contributed by atoms with Gasteiger partial charge in [-0.05, 0) is 82.8 Å². The van der Waals surface area contributed by atoms with Crippen molar-refractivity contribution in [3.63, 3.8) is 0 Å². The van der Waals surface area contributed by atoms with Crippen molar-refractivity contribution in [3.05, 3.63) is 70.3 Å². The van der Waals surface area contributed by atoms with E-state index in [1.165, 1.54) is 5.56 Å². The number of hydrogen-bond donors (Lipinski definition) is 1. The Hall–Kier alpha value is -2.65. The molecule has 1 aromatic heterocycles. The summed E-state index contributed by atoms with van der Waals surface area (Å²) < 4.78 is 1.95. The first-order valence-corrected chi connectivity index (χ1v) is 17.3. The van der Waals surface area contributed by atoms with Crippen molar-refractivity contribution in [2.24, 2.45) is 0 Å². The summed E-state index contributed by atoms with van der Waals surface area (Å²) in [4.78, 5) is 26.9. The van der Waals surface area contributed by atoms with Gasteiger partial charge in [-0.2, -0.15) is 0 Å². The highest BCUT2D eigenvalue weighted by Crippen LogP contribution is 2.40. The van der Waals surface area contributed by atoms with E-state index in [4.69, 9.17) is 4.98 Å². The van der Waals surface area contributed by atoms with Crippen LogP contribution in [0.2, 0.25) is 0 Å². The number of benzene rings is 2. The topological polar surface area (TPSA) is 56.6 Å². The summed E-state index contributed by atoms with van der Waals surface area (Å²) in [5.74, 6) is 3.76. The van der Waals surface area contributed by atoms with E-state index >= 15 is 0 Å². The molecular formula is C36H54N6OS. The Morgan fingerprint density at radius 3 is 2.20 bits per heavy atom. The van der Waals surface area contributed by atoms with Crippen LogP contribution in [0.3, 0.4) is 0 Å². The fourth-order valence-electron chi connectivity index (χ4n) is 7.85. The van der Waals surface area contributed by atoms with Crippen molar-refractivity contribution in [3.8, 4) is 0 Å². The normalized spacial score (nSPS) is 21.2. The van der Waals surface area contributed by atoms with E-state index in [0.29, 0.717) is 18.6 Å². The highest BCUT2D eigenvalue weighted by atomic mass is 32.1. The molecule has 44 heavy (non-hydrogen) atoms. The minimum absolute atomic E-state index is 0.0523. The molecule has 0 bridgehead atoms. The monoisotopic (exact) mass is 618 g/mol. The molecule has 2 fully saturated rings. The van der Waals surface area contributed by atoms with E-state index in [-0.39, 0.29) is 17.1 Å². The molecule has 2 aromatic carbocycles. The van der Waals surface area contributed by atoms with Gasteiger partial charge in [-0.25, -0.2) is 4.98 Å². The number of piperazine rings is 1. The van der Waals surface area contributed by atoms with Crippen molar-refractivity contribution < 1.29 is 0 Å². The van der Waals surface area contributed by atoms with Crippen LogP contribution in [-0.2, 0) is 12.1 Å². The van der Waals surface area contributed by atoms with Crippen LogP contribution < -0.4 is 15.8 Å². The van der Waals surface area contributed by atoms with Crippen LogP contribution in [0.4, 0.5) is 5.69 Å². The number of thiocarbonyl (C=S) groups is 1. The number of piperidine rings is 1. The maximum atomic E-state index is 14.1. The maximum Gasteiger partial charge on any atom is 0.261 e. The molecule has 3 heterocycles. The Morgan fingerprint density at radius 2 is 1.64 bits per heavy atom. The number of fused-ring (bicyclic) bond motifs is 1. The van der Waals surface area contributed by atoms with E-state index < -0.39 is 0 Å². The Balaban J connectivity index is 0.00000216. The van der Waals surface area contributed by atoms with Crippen LogP contribution in [0.5, 0.6) is 0 Å². The van der Waals surface area contributed by atoms with Crippen LogP contribution in [0.1, 0.15) is 84.7 Å². The minimum Gasteiger partial charge on any atom is -0.371 e. The number of nitrogens with one attached hydrogen (secondary N) is 1. The average Bonchev–Trinajstić information content (AvgIpc) is 3.05. The van der Waals surface area contributed by atoms with Gasteiger partial charge in [0.2, 0.25) is 0 Å². The second-order valence-corrected chi connectivity index (χ2v) is 12.5. The smallest absolute Gasteiger partial charge is 0.261 e. The van der Waals surface area contributed by atoms with E-state index in [1.807, 2.05) is 4.57 Å². The zero-order chi connectivity index (χ0) is 31.9. The molecule has 3 aromatic rings. The first-order chi connectivity index (χ1) is 21.3. The fourth-order valence-corrected chi connectivity index (χ4v) is 7.85. The van der Waals surface area contributed by atoms with E-state index in [9.17, 15) is 4.79 Å². The molecule has 2 saturated heterocycles. The van der Waals surface area contributed by atoms with Crippen molar-refractivity contribution >= 4 is 34.7 Å². The van der Waals surface area contributed by atoms with Gasteiger partial charge in [0, 0.05) is 56.0 Å². The molecule has 3 atom stereocenters. The van der Waals surface area contributed by atoms with E-state index in [1.54, 1.807) is 0 Å². The summed E-state index contributed by atoms with van der Waals surface area (Å²) in [5, 5.41) is 4.39. The van der Waals surface area contributed by atoms with Gasteiger partial charge in [0.05, 0.1) is 16.9 Å². The first kappa shape index (κ1) is 34.2. The first-order valence-electron chi connectivity index (χ1n) is 16.7. The Bertz CT molecular complexity index is 1390. The van der Waals surface area contributed by atoms with Crippen molar-refractivity contribution in [2.75, 3.05) is 44.2 Å².